The molecule has 0 radical (unpaired) electrons. The van der Waals surface area contributed by atoms with Gasteiger partial charge >= 0.3 is 18.5 Å². The van der Waals surface area contributed by atoms with Crippen molar-refractivity contribution in [3.05, 3.63) is 0 Å². The summed E-state index contributed by atoms with van der Waals surface area (Å²) < 4.78 is 22.4. The van der Waals surface area contributed by atoms with Gasteiger partial charge in [-0.25, -0.2) is 0 Å². The highest BCUT2D eigenvalue weighted by atomic mass is 18.2. The predicted molar refractivity (Wildman–Crippen MR) is 76.7 cm³/mol. The molecule has 22 heavy (non-hydrogen) atoms. The molecule has 2 heterocycles. The molecule has 0 aliphatic carbocycles. The molecule has 2 saturated heterocycles. The van der Waals surface area contributed by atoms with Crippen LogP contribution in [0.5, 0.6) is 0 Å². The molecule has 2 bridgehead atoms. The molecular formula is C14H24FN3O4. The molecule has 0 aromatic carbocycles. The number of esters is 2. The highest BCUT2D eigenvalue weighted by molar-refractivity contribution is 5.73. The minimum atomic E-state index is -2.33. The Morgan fingerprint density at radius 2 is 1.73 bits per heavy atom. The molecule has 4 atom stereocenters. The maximum absolute atomic E-state index is 13.4. The molecule has 0 N–H and O–H groups in total. The smallest absolute Gasteiger partial charge is 0.396 e. The van der Waals surface area contributed by atoms with Gasteiger partial charge in [0.05, 0.1) is 13.1 Å². The summed E-state index contributed by atoms with van der Waals surface area (Å²) in [6, 6.07) is 0.0633. The molecule has 4 unspecified atom stereocenters. The molecule has 126 valence electrons. The van der Waals surface area contributed by atoms with Crippen molar-refractivity contribution < 1.29 is 23.5 Å². The highest BCUT2D eigenvalue weighted by Crippen LogP contribution is 2.10. The SMILES string of the molecule is CCN1CCN2CC(=O)OC([18F])OC(=O)CN(CC1)C(C)C2. The van der Waals surface area contributed by atoms with E-state index in [0.29, 0.717) is 19.6 Å². The van der Waals surface area contributed by atoms with E-state index in [0.717, 1.165) is 19.6 Å². The van der Waals surface area contributed by atoms with E-state index >= 15 is 0 Å². The highest BCUT2D eigenvalue weighted by Gasteiger charge is 2.28. The third-order valence-electron chi connectivity index (χ3n) is 4.16. The quantitative estimate of drug-likeness (QED) is 0.614. The van der Waals surface area contributed by atoms with Crippen LogP contribution in [0.25, 0.3) is 0 Å². The number of fused-ring (bicyclic) bond motifs is 3. The Labute approximate surface area is 129 Å². The standard InChI is InChI=1S/C14H24FN3O4/c1-3-16-4-5-17-8-11(2)18(7-6-16)10-13(20)22-14(15)21-12(19)9-17/h11,14H,3-10H2,1-2H3/i15-1. The zero-order valence-electron chi connectivity index (χ0n) is 13.2. The first-order valence-electron chi connectivity index (χ1n) is 7.69. The lowest BCUT2D eigenvalue weighted by Gasteiger charge is -2.30. The first-order valence-corrected chi connectivity index (χ1v) is 7.69. The van der Waals surface area contributed by atoms with Gasteiger partial charge in [-0.15, -0.1) is 0 Å². The maximum Gasteiger partial charge on any atom is 0.401 e. The lowest BCUT2D eigenvalue weighted by atomic mass is 10.2. The van der Waals surface area contributed by atoms with Crippen molar-refractivity contribution in [2.75, 3.05) is 52.4 Å². The van der Waals surface area contributed by atoms with Crippen LogP contribution in [0.2, 0.25) is 0 Å². The zero-order valence-corrected chi connectivity index (χ0v) is 13.2. The van der Waals surface area contributed by atoms with E-state index in [1.54, 1.807) is 0 Å². The second-order valence-electron chi connectivity index (χ2n) is 5.74. The van der Waals surface area contributed by atoms with Crippen molar-refractivity contribution in [1.82, 2.24) is 14.7 Å². The van der Waals surface area contributed by atoms with Crippen LogP contribution < -0.4 is 0 Å². The first kappa shape index (κ1) is 17.1. The van der Waals surface area contributed by atoms with Gasteiger partial charge in [0.1, 0.15) is 0 Å². The molecule has 2 fully saturated rings. The number of ether oxygens (including phenoxy) is 2. The number of cyclic esters (lactones) is 2. The summed E-state index contributed by atoms with van der Waals surface area (Å²) in [7, 11) is 0. The topological polar surface area (TPSA) is 62.3 Å². The van der Waals surface area contributed by atoms with Crippen LogP contribution in [0.15, 0.2) is 0 Å². The first-order chi connectivity index (χ1) is 10.5. The van der Waals surface area contributed by atoms with Crippen LogP contribution >= 0.6 is 0 Å². The minimum absolute atomic E-state index is 0.00625. The lowest BCUT2D eigenvalue weighted by Crippen LogP contribution is -2.46. The van der Waals surface area contributed by atoms with E-state index in [1.807, 2.05) is 16.7 Å². The molecule has 8 heteroatoms. The van der Waals surface area contributed by atoms with Gasteiger partial charge in [-0.05, 0) is 13.5 Å². The summed E-state index contributed by atoms with van der Waals surface area (Å²) in [6.45, 7) is 6.31. The Hall–Kier alpha value is -1.25. The van der Waals surface area contributed by atoms with Crippen LogP contribution in [0, 0.1) is 0 Å². The van der Waals surface area contributed by atoms with E-state index in [2.05, 4.69) is 21.3 Å². The van der Waals surface area contributed by atoms with Gasteiger partial charge in [-0.1, -0.05) is 6.92 Å². The van der Waals surface area contributed by atoms with Crippen molar-refractivity contribution >= 4 is 11.9 Å². The fourth-order valence-corrected chi connectivity index (χ4v) is 2.81. The lowest BCUT2D eigenvalue weighted by molar-refractivity contribution is -0.219. The zero-order chi connectivity index (χ0) is 16.1. The summed E-state index contributed by atoms with van der Waals surface area (Å²) in [5.41, 5.74) is 0. The number of carbonyl (C=O) groups is 2. The minimum Gasteiger partial charge on any atom is -0.396 e. The number of rotatable bonds is 1. The molecule has 7 nitrogen and oxygen atoms in total. The summed E-state index contributed by atoms with van der Waals surface area (Å²) in [4.78, 5) is 29.7. The molecule has 2 aliphatic rings. The third kappa shape index (κ3) is 4.89. The predicted octanol–water partition coefficient (Wildman–Crippen LogP) is -0.332. The summed E-state index contributed by atoms with van der Waals surface area (Å²) in [5, 5.41) is 0. The molecule has 2 aliphatic heterocycles. The van der Waals surface area contributed by atoms with Gasteiger partial charge in [0.25, 0.3) is 0 Å². The third-order valence-corrected chi connectivity index (χ3v) is 4.16. The van der Waals surface area contributed by atoms with Crippen LogP contribution in [0.4, 0.5) is 4.39 Å². The molecular weight excluding hydrogens is 292 g/mol. The molecule has 2 rings (SSSR count). The van der Waals surface area contributed by atoms with E-state index in [9.17, 15) is 14.0 Å². The van der Waals surface area contributed by atoms with Crippen molar-refractivity contribution in [3.8, 4) is 0 Å². The van der Waals surface area contributed by atoms with Crippen molar-refractivity contribution in [2.45, 2.75) is 26.4 Å². The molecule has 0 saturated carbocycles. The summed E-state index contributed by atoms with van der Waals surface area (Å²) in [6.07, 6.45) is 0. The summed E-state index contributed by atoms with van der Waals surface area (Å²) in [5.74, 6) is -1.44. The van der Waals surface area contributed by atoms with Crippen molar-refractivity contribution in [1.29, 1.82) is 0 Å². The Bertz CT molecular complexity index is 410. The fourth-order valence-electron chi connectivity index (χ4n) is 2.81. The second kappa shape index (κ2) is 7.85. The van der Waals surface area contributed by atoms with Crippen LogP contribution in [0.3, 0.4) is 0 Å². The van der Waals surface area contributed by atoms with E-state index in [-0.39, 0.29) is 19.1 Å². The van der Waals surface area contributed by atoms with Crippen LogP contribution in [0.1, 0.15) is 13.8 Å². The molecule has 0 amide bonds. The van der Waals surface area contributed by atoms with Gasteiger partial charge < -0.3 is 14.4 Å². The van der Waals surface area contributed by atoms with Crippen LogP contribution in [-0.2, 0) is 19.1 Å². The number of likely N-dealkylation sites (N-methyl/N-ethyl adjacent to an activating group) is 1. The average Bonchev–Trinajstić information content (AvgIpc) is 2.48. The number of halogens is 1. The van der Waals surface area contributed by atoms with E-state index in [1.165, 1.54) is 0 Å². The van der Waals surface area contributed by atoms with Crippen molar-refractivity contribution in [3.63, 3.8) is 0 Å². The number of alkyl halides is 1. The number of carbonyl (C=O) groups excluding carboxylic acids is 2. The average molecular weight is 316 g/mol. The Morgan fingerprint density at radius 1 is 1.09 bits per heavy atom. The Morgan fingerprint density at radius 3 is 2.41 bits per heavy atom. The largest absolute Gasteiger partial charge is 0.401 e. The maximum atomic E-state index is 13.4. The van der Waals surface area contributed by atoms with Crippen molar-refractivity contribution in [2.24, 2.45) is 0 Å². The number of hydrogen-bond acceptors (Lipinski definition) is 7. The monoisotopic (exact) mass is 316 g/mol. The summed E-state index contributed by atoms with van der Waals surface area (Å²) >= 11 is 0. The van der Waals surface area contributed by atoms with Gasteiger partial charge in [-0.3, -0.25) is 19.4 Å². The Kier molecular flexibility index (Phi) is 6.10. The Balaban J connectivity index is 2.19. The van der Waals surface area contributed by atoms with E-state index in [4.69, 9.17) is 0 Å². The molecule has 0 aromatic rings. The molecule has 0 aromatic heterocycles. The van der Waals surface area contributed by atoms with Crippen LogP contribution in [-0.4, -0.2) is 91.6 Å². The fraction of sp³-hybridized carbons (Fsp3) is 0.857. The number of hydrogen-bond donors (Lipinski definition) is 0. The van der Waals surface area contributed by atoms with Gasteiger partial charge in [0.2, 0.25) is 0 Å². The normalized spacial score (nSPS) is 35.6. The van der Waals surface area contributed by atoms with Gasteiger partial charge in [-0.2, -0.15) is 4.39 Å². The second-order valence-corrected chi connectivity index (χ2v) is 5.74. The van der Waals surface area contributed by atoms with E-state index < -0.39 is 18.5 Å². The molecule has 0 spiro atoms. The van der Waals surface area contributed by atoms with Gasteiger partial charge in [0.15, 0.2) is 0 Å². The van der Waals surface area contributed by atoms with Gasteiger partial charge in [0, 0.05) is 38.8 Å². The number of nitrogens with zero attached hydrogens (tertiary/aromatic N) is 3.